The first kappa shape index (κ1) is 23.4. The first-order valence-corrected chi connectivity index (χ1v) is 10.8. The maximum atomic E-state index is 12.6. The third kappa shape index (κ3) is 5.97. The number of rotatable bonds is 7. The number of ether oxygens (including phenoxy) is 1. The molecule has 4 rings (SSSR count). The molecule has 3 heterocycles. The Bertz CT molecular complexity index is 1100. The lowest BCUT2D eigenvalue weighted by molar-refractivity contribution is -0.137. The van der Waals surface area contributed by atoms with Crippen molar-refractivity contribution in [3.05, 3.63) is 65.7 Å². The smallest absolute Gasteiger partial charge is 0.416 e. The van der Waals surface area contributed by atoms with E-state index in [9.17, 15) is 13.2 Å². The van der Waals surface area contributed by atoms with E-state index in [-0.39, 0.29) is 12.0 Å². The molecule has 0 saturated carbocycles. The molecule has 0 radical (unpaired) electrons. The van der Waals surface area contributed by atoms with Gasteiger partial charge < -0.3 is 14.5 Å². The molecule has 1 fully saturated rings. The van der Waals surface area contributed by atoms with Gasteiger partial charge in [0.25, 0.3) is 5.88 Å². The molecule has 0 aliphatic carbocycles. The van der Waals surface area contributed by atoms with Gasteiger partial charge in [-0.3, -0.25) is 0 Å². The van der Waals surface area contributed by atoms with Crippen LogP contribution in [-0.2, 0) is 12.6 Å². The van der Waals surface area contributed by atoms with Crippen LogP contribution < -0.4 is 14.5 Å². The van der Waals surface area contributed by atoms with E-state index in [0.717, 1.165) is 38.1 Å². The van der Waals surface area contributed by atoms with Gasteiger partial charge >= 0.3 is 6.18 Å². The molecule has 0 amide bonds. The average Bonchev–Trinajstić information content (AvgIpc) is 2.85. The second-order valence-corrected chi connectivity index (χ2v) is 7.74. The molecule has 2 aromatic heterocycles. The zero-order chi connectivity index (χ0) is 24.0. The Kier molecular flexibility index (Phi) is 7.19. The lowest BCUT2D eigenvalue weighted by atomic mass is 10.1. The summed E-state index contributed by atoms with van der Waals surface area (Å²) in [5.41, 5.74) is 0.603. The Balaban J connectivity index is 1.29. The molecule has 0 N–H and O–H groups in total. The summed E-state index contributed by atoms with van der Waals surface area (Å²) in [6, 6.07) is 6.69. The van der Waals surface area contributed by atoms with Crippen LogP contribution in [0.1, 0.15) is 29.5 Å². The highest BCUT2D eigenvalue weighted by Gasteiger charge is 2.29. The number of hydrogen-bond acceptors (Lipinski definition) is 8. The number of piperidine rings is 1. The highest BCUT2D eigenvalue weighted by atomic mass is 19.4. The fourth-order valence-electron chi connectivity index (χ4n) is 3.48. The van der Waals surface area contributed by atoms with Gasteiger partial charge in [0, 0.05) is 51.0 Å². The molecule has 178 valence electrons. The molecule has 1 aliphatic rings. The van der Waals surface area contributed by atoms with Crippen LogP contribution in [0.5, 0.6) is 11.8 Å². The normalized spacial score (nSPS) is 15.0. The first-order valence-electron chi connectivity index (χ1n) is 10.8. The Morgan fingerprint density at radius 3 is 2.38 bits per heavy atom. The zero-order valence-corrected chi connectivity index (χ0v) is 18.4. The lowest BCUT2D eigenvalue weighted by Gasteiger charge is -2.32. The number of alkyl halides is 3. The standard InChI is InChI=1S/C23H23F3N6O2/c1-16-20(33-19-8-13-32(14-9-19)22-27-10-2-11-28-22)29-15-30-21(16)34-31-12-7-17-3-5-18(6-4-17)23(24,25)26/h2-6,10-12,15,19H,7-9,13-14H2,1H3. The second kappa shape index (κ2) is 10.4. The van der Waals surface area contributed by atoms with Crippen molar-refractivity contribution in [1.82, 2.24) is 19.9 Å². The van der Waals surface area contributed by atoms with Crippen molar-refractivity contribution in [2.24, 2.45) is 5.16 Å². The molecule has 0 bridgehead atoms. The Labute approximate surface area is 194 Å². The minimum atomic E-state index is -4.35. The number of hydrogen-bond donors (Lipinski definition) is 0. The van der Waals surface area contributed by atoms with E-state index in [2.05, 4.69) is 30.0 Å². The van der Waals surface area contributed by atoms with Crippen molar-refractivity contribution in [3.63, 3.8) is 0 Å². The Morgan fingerprint density at radius 2 is 1.71 bits per heavy atom. The van der Waals surface area contributed by atoms with Crippen molar-refractivity contribution in [2.45, 2.75) is 38.5 Å². The van der Waals surface area contributed by atoms with Crippen LogP contribution in [0.2, 0.25) is 0 Å². The predicted octanol–water partition coefficient (Wildman–Crippen LogP) is 4.25. The van der Waals surface area contributed by atoms with Gasteiger partial charge in [-0.05, 0) is 30.7 Å². The monoisotopic (exact) mass is 472 g/mol. The van der Waals surface area contributed by atoms with E-state index >= 15 is 0 Å². The molecule has 3 aromatic rings. The van der Waals surface area contributed by atoms with E-state index < -0.39 is 11.7 Å². The Hall–Kier alpha value is -3.76. The molecule has 11 heteroatoms. The van der Waals surface area contributed by atoms with Gasteiger partial charge in [0.1, 0.15) is 12.4 Å². The molecule has 34 heavy (non-hydrogen) atoms. The minimum absolute atomic E-state index is 0.00964. The third-order valence-electron chi connectivity index (χ3n) is 5.37. The van der Waals surface area contributed by atoms with Gasteiger partial charge in [-0.2, -0.15) is 18.2 Å². The summed E-state index contributed by atoms with van der Waals surface area (Å²) in [5.74, 6) is 1.39. The molecule has 0 atom stereocenters. The zero-order valence-electron chi connectivity index (χ0n) is 18.4. The topological polar surface area (TPSA) is 85.6 Å². The van der Waals surface area contributed by atoms with Crippen LogP contribution in [0.3, 0.4) is 0 Å². The molecular weight excluding hydrogens is 449 g/mol. The predicted molar refractivity (Wildman–Crippen MR) is 119 cm³/mol. The lowest BCUT2D eigenvalue weighted by Crippen LogP contribution is -2.39. The maximum absolute atomic E-state index is 12.6. The van der Waals surface area contributed by atoms with Crippen molar-refractivity contribution in [3.8, 4) is 11.8 Å². The van der Waals surface area contributed by atoms with Crippen LogP contribution in [-0.4, -0.2) is 45.3 Å². The van der Waals surface area contributed by atoms with Gasteiger partial charge in [0.05, 0.1) is 11.1 Å². The highest BCUT2D eigenvalue weighted by molar-refractivity contribution is 5.61. The number of halogens is 3. The minimum Gasteiger partial charge on any atom is -0.474 e. The highest BCUT2D eigenvalue weighted by Crippen LogP contribution is 2.29. The number of benzene rings is 1. The number of aromatic nitrogens is 4. The first-order chi connectivity index (χ1) is 16.4. The van der Waals surface area contributed by atoms with Gasteiger partial charge in [0.2, 0.25) is 11.8 Å². The summed E-state index contributed by atoms with van der Waals surface area (Å²) in [6.45, 7) is 3.33. The van der Waals surface area contributed by atoms with Crippen molar-refractivity contribution in [1.29, 1.82) is 0 Å². The van der Waals surface area contributed by atoms with Crippen molar-refractivity contribution in [2.75, 3.05) is 18.0 Å². The maximum Gasteiger partial charge on any atom is 0.416 e. The Morgan fingerprint density at radius 1 is 1.03 bits per heavy atom. The van der Waals surface area contributed by atoms with Crippen LogP contribution in [0.25, 0.3) is 0 Å². The second-order valence-electron chi connectivity index (χ2n) is 7.74. The third-order valence-corrected chi connectivity index (χ3v) is 5.37. The van der Waals surface area contributed by atoms with Gasteiger partial charge in [-0.15, -0.1) is 0 Å². The molecule has 0 spiro atoms. The van der Waals surface area contributed by atoms with Gasteiger partial charge in [0.15, 0.2) is 0 Å². The average molecular weight is 472 g/mol. The van der Waals surface area contributed by atoms with E-state index in [1.807, 2.05) is 0 Å². The number of anilines is 1. The molecule has 1 aliphatic heterocycles. The van der Waals surface area contributed by atoms with Crippen molar-refractivity contribution < 1.29 is 22.7 Å². The van der Waals surface area contributed by atoms with E-state index in [0.29, 0.717) is 29.4 Å². The quantitative estimate of drug-likeness (QED) is 0.375. The summed E-state index contributed by atoms with van der Waals surface area (Å²) in [4.78, 5) is 24.4. The summed E-state index contributed by atoms with van der Waals surface area (Å²) in [7, 11) is 0. The largest absolute Gasteiger partial charge is 0.474 e. The summed E-state index contributed by atoms with van der Waals surface area (Å²) >= 11 is 0. The molecular formula is C23H23F3N6O2. The summed E-state index contributed by atoms with van der Waals surface area (Å²) in [5, 5.41) is 3.89. The molecule has 1 aromatic carbocycles. The van der Waals surface area contributed by atoms with Crippen LogP contribution >= 0.6 is 0 Å². The fraction of sp³-hybridized carbons (Fsp3) is 0.348. The van der Waals surface area contributed by atoms with Crippen LogP contribution in [0.4, 0.5) is 19.1 Å². The van der Waals surface area contributed by atoms with Gasteiger partial charge in [-0.1, -0.05) is 17.3 Å². The fourth-order valence-corrected chi connectivity index (χ4v) is 3.48. The summed E-state index contributed by atoms with van der Waals surface area (Å²) < 4.78 is 44.0. The van der Waals surface area contributed by atoms with E-state index in [4.69, 9.17) is 9.57 Å². The SMILES string of the molecule is Cc1c(ON=CCc2ccc(C(F)(F)F)cc2)ncnc1OC1CCN(c2ncccn2)CC1. The number of oxime groups is 1. The molecule has 0 unspecified atom stereocenters. The van der Waals surface area contributed by atoms with Crippen molar-refractivity contribution >= 4 is 12.2 Å². The van der Waals surface area contributed by atoms with Crippen LogP contribution in [0.15, 0.2) is 54.2 Å². The molecule has 8 nitrogen and oxygen atoms in total. The molecule has 1 saturated heterocycles. The van der Waals surface area contributed by atoms with Crippen LogP contribution in [0, 0.1) is 6.92 Å². The van der Waals surface area contributed by atoms with E-state index in [1.54, 1.807) is 25.4 Å². The summed E-state index contributed by atoms with van der Waals surface area (Å²) in [6.07, 6.45) is 3.80. The van der Waals surface area contributed by atoms with Gasteiger partial charge in [-0.25, -0.2) is 15.0 Å². The van der Waals surface area contributed by atoms with E-state index in [1.165, 1.54) is 24.7 Å². The number of nitrogens with zero attached hydrogens (tertiary/aromatic N) is 6.